The largest absolute Gasteiger partial charge is 0.355 e. The summed E-state index contributed by atoms with van der Waals surface area (Å²) in [5.74, 6) is 0.0464. The van der Waals surface area contributed by atoms with Crippen molar-refractivity contribution in [1.29, 1.82) is 0 Å². The van der Waals surface area contributed by atoms with E-state index in [1.165, 1.54) is 0 Å². The highest BCUT2D eigenvalue weighted by Crippen LogP contribution is 2.19. The molecule has 0 aromatic carbocycles. The quantitative estimate of drug-likeness (QED) is 0.690. The van der Waals surface area contributed by atoms with Crippen LogP contribution in [0.2, 0.25) is 0 Å². The van der Waals surface area contributed by atoms with E-state index < -0.39 is 9.84 Å². The molecule has 0 spiro atoms. The Morgan fingerprint density at radius 3 is 2.69 bits per heavy atom. The van der Waals surface area contributed by atoms with Crippen LogP contribution >= 0.6 is 0 Å². The van der Waals surface area contributed by atoms with E-state index in [-0.39, 0.29) is 29.4 Å². The molecule has 94 valence electrons. The van der Waals surface area contributed by atoms with Gasteiger partial charge < -0.3 is 10.6 Å². The van der Waals surface area contributed by atoms with E-state index in [1.54, 1.807) is 7.05 Å². The summed E-state index contributed by atoms with van der Waals surface area (Å²) >= 11 is 0. The molecule has 1 aliphatic rings. The van der Waals surface area contributed by atoms with Gasteiger partial charge in [-0.15, -0.1) is 0 Å². The van der Waals surface area contributed by atoms with Gasteiger partial charge in [0.25, 0.3) is 0 Å². The second kappa shape index (κ2) is 5.63. The Kier molecular flexibility index (Phi) is 4.73. The zero-order valence-electron chi connectivity index (χ0n) is 9.82. The Hall–Kier alpha value is -0.620. The number of hydrogen-bond acceptors (Lipinski definition) is 4. The van der Waals surface area contributed by atoms with E-state index in [4.69, 9.17) is 0 Å². The second-order valence-electron chi connectivity index (χ2n) is 4.34. The Morgan fingerprint density at radius 1 is 1.50 bits per heavy atom. The summed E-state index contributed by atoms with van der Waals surface area (Å²) in [6, 6.07) is 0. The second-order valence-corrected chi connectivity index (χ2v) is 6.74. The number of nitrogens with one attached hydrogen (secondary N) is 2. The lowest BCUT2D eigenvalue weighted by atomic mass is 10.1. The molecule has 1 heterocycles. The molecule has 0 aromatic heterocycles. The number of rotatable bonds is 5. The predicted molar refractivity (Wildman–Crippen MR) is 62.9 cm³/mol. The van der Waals surface area contributed by atoms with Crippen LogP contribution in [0, 0.1) is 5.92 Å². The lowest BCUT2D eigenvalue weighted by Crippen LogP contribution is -2.39. The zero-order valence-corrected chi connectivity index (χ0v) is 10.6. The van der Waals surface area contributed by atoms with Crippen molar-refractivity contribution in [3.8, 4) is 0 Å². The summed E-state index contributed by atoms with van der Waals surface area (Å²) < 4.78 is 23.0. The molecule has 2 N–H and O–H groups in total. The molecule has 5 nitrogen and oxygen atoms in total. The van der Waals surface area contributed by atoms with E-state index in [0.29, 0.717) is 13.0 Å². The van der Waals surface area contributed by atoms with Crippen molar-refractivity contribution in [1.82, 2.24) is 10.6 Å². The molecular weight excluding hydrogens is 228 g/mol. The standard InChI is InChI=1S/C10H20N2O3S/c1-8(6-11-2)10(13)12-7-9-4-3-5-16(9,14)15/h8-9,11H,3-7H2,1-2H3,(H,12,13). The van der Waals surface area contributed by atoms with Gasteiger partial charge in [0.1, 0.15) is 0 Å². The van der Waals surface area contributed by atoms with Gasteiger partial charge in [-0.3, -0.25) is 4.79 Å². The maximum absolute atomic E-state index is 11.6. The van der Waals surface area contributed by atoms with Gasteiger partial charge in [0.05, 0.1) is 11.0 Å². The first-order valence-corrected chi connectivity index (χ1v) is 7.33. The molecule has 0 saturated carbocycles. The number of carbonyl (C=O) groups is 1. The van der Waals surface area contributed by atoms with Crippen LogP contribution in [-0.2, 0) is 14.6 Å². The van der Waals surface area contributed by atoms with Gasteiger partial charge >= 0.3 is 0 Å². The smallest absolute Gasteiger partial charge is 0.224 e. The maximum Gasteiger partial charge on any atom is 0.224 e. The molecule has 1 aliphatic heterocycles. The minimum atomic E-state index is -2.95. The molecule has 0 aromatic rings. The van der Waals surface area contributed by atoms with Crippen LogP contribution in [0.3, 0.4) is 0 Å². The fourth-order valence-corrected chi connectivity index (χ4v) is 3.64. The van der Waals surface area contributed by atoms with Crippen molar-refractivity contribution in [3.63, 3.8) is 0 Å². The monoisotopic (exact) mass is 248 g/mol. The first kappa shape index (κ1) is 13.4. The average molecular weight is 248 g/mol. The maximum atomic E-state index is 11.6. The van der Waals surface area contributed by atoms with E-state index in [1.807, 2.05) is 6.92 Å². The van der Waals surface area contributed by atoms with Crippen LogP contribution in [-0.4, -0.2) is 45.5 Å². The number of amides is 1. The van der Waals surface area contributed by atoms with Crippen LogP contribution < -0.4 is 10.6 Å². The lowest BCUT2D eigenvalue weighted by Gasteiger charge is -2.14. The minimum Gasteiger partial charge on any atom is -0.355 e. The van der Waals surface area contributed by atoms with Crippen molar-refractivity contribution in [3.05, 3.63) is 0 Å². The van der Waals surface area contributed by atoms with Crippen molar-refractivity contribution in [2.75, 3.05) is 25.9 Å². The van der Waals surface area contributed by atoms with Gasteiger partial charge in [-0.2, -0.15) is 0 Å². The molecule has 0 bridgehead atoms. The van der Waals surface area contributed by atoms with Crippen molar-refractivity contribution >= 4 is 15.7 Å². The molecule has 2 atom stereocenters. The van der Waals surface area contributed by atoms with Crippen LogP contribution in [0.1, 0.15) is 19.8 Å². The summed E-state index contributed by atoms with van der Waals surface area (Å²) in [6.45, 7) is 2.67. The van der Waals surface area contributed by atoms with E-state index >= 15 is 0 Å². The van der Waals surface area contributed by atoms with Crippen LogP contribution in [0.15, 0.2) is 0 Å². The summed E-state index contributed by atoms with van der Waals surface area (Å²) in [7, 11) is -1.17. The van der Waals surface area contributed by atoms with Gasteiger partial charge in [-0.05, 0) is 19.9 Å². The van der Waals surface area contributed by atoms with E-state index in [2.05, 4.69) is 10.6 Å². The summed E-state index contributed by atoms with van der Waals surface area (Å²) in [4.78, 5) is 11.6. The molecule has 1 fully saturated rings. The summed E-state index contributed by atoms with van der Waals surface area (Å²) in [5, 5.41) is 5.24. The fourth-order valence-electron chi connectivity index (χ4n) is 1.87. The molecule has 1 amide bonds. The van der Waals surface area contributed by atoms with Crippen molar-refractivity contribution in [2.24, 2.45) is 5.92 Å². The van der Waals surface area contributed by atoms with Crippen LogP contribution in [0.5, 0.6) is 0 Å². The zero-order chi connectivity index (χ0) is 12.2. The van der Waals surface area contributed by atoms with Gasteiger partial charge in [-0.25, -0.2) is 8.42 Å². The average Bonchev–Trinajstić information content (AvgIpc) is 2.54. The molecular formula is C10H20N2O3S. The Labute approximate surface area is 96.9 Å². The number of carbonyl (C=O) groups excluding carboxylic acids is 1. The normalized spacial score (nSPS) is 25.2. The molecule has 6 heteroatoms. The third-order valence-electron chi connectivity index (χ3n) is 2.92. The highest BCUT2D eigenvalue weighted by molar-refractivity contribution is 7.92. The van der Waals surface area contributed by atoms with Crippen LogP contribution in [0.4, 0.5) is 0 Å². The third-order valence-corrected chi connectivity index (χ3v) is 5.20. The van der Waals surface area contributed by atoms with Crippen molar-refractivity contribution < 1.29 is 13.2 Å². The highest BCUT2D eigenvalue weighted by Gasteiger charge is 2.31. The topological polar surface area (TPSA) is 75.3 Å². The van der Waals surface area contributed by atoms with Gasteiger partial charge in [0, 0.05) is 19.0 Å². The number of hydrogen-bond donors (Lipinski definition) is 2. The fraction of sp³-hybridized carbons (Fsp3) is 0.900. The lowest BCUT2D eigenvalue weighted by molar-refractivity contribution is -0.124. The molecule has 2 unspecified atom stereocenters. The van der Waals surface area contributed by atoms with Gasteiger partial charge in [0.15, 0.2) is 9.84 Å². The van der Waals surface area contributed by atoms with Gasteiger partial charge in [-0.1, -0.05) is 6.92 Å². The SMILES string of the molecule is CNCC(C)C(=O)NCC1CCCS1(=O)=O. The molecule has 1 saturated heterocycles. The predicted octanol–water partition coefficient (Wildman–Crippen LogP) is -0.465. The van der Waals surface area contributed by atoms with E-state index in [0.717, 1.165) is 6.42 Å². The van der Waals surface area contributed by atoms with Crippen molar-refractivity contribution in [2.45, 2.75) is 25.0 Å². The first-order valence-electron chi connectivity index (χ1n) is 5.61. The third kappa shape index (κ3) is 3.45. The summed E-state index contributed by atoms with van der Waals surface area (Å²) in [5.41, 5.74) is 0. The minimum absolute atomic E-state index is 0.0866. The highest BCUT2D eigenvalue weighted by atomic mass is 32.2. The number of sulfone groups is 1. The summed E-state index contributed by atoms with van der Waals surface area (Å²) in [6.07, 6.45) is 1.39. The molecule has 0 aliphatic carbocycles. The Bertz CT molecular complexity index is 340. The first-order chi connectivity index (χ1) is 7.47. The molecule has 0 radical (unpaired) electrons. The molecule has 1 rings (SSSR count). The van der Waals surface area contributed by atoms with Crippen LogP contribution in [0.25, 0.3) is 0 Å². The Balaban J connectivity index is 2.37. The molecule has 16 heavy (non-hydrogen) atoms. The van der Waals surface area contributed by atoms with Gasteiger partial charge in [0.2, 0.25) is 5.91 Å². The van der Waals surface area contributed by atoms with E-state index in [9.17, 15) is 13.2 Å². The Morgan fingerprint density at radius 2 is 2.19 bits per heavy atom.